The molecule has 0 aliphatic heterocycles. The Morgan fingerprint density at radius 2 is 2.27 bits per heavy atom. The number of ether oxygens (including phenoxy) is 1. The average Bonchev–Trinajstić information content (AvgIpc) is 3.31. The van der Waals surface area contributed by atoms with Crippen LogP contribution in [0, 0.1) is 0 Å². The van der Waals surface area contributed by atoms with Crippen LogP contribution >= 0.6 is 34.7 Å². The van der Waals surface area contributed by atoms with E-state index in [9.17, 15) is 4.79 Å². The van der Waals surface area contributed by atoms with E-state index < -0.39 is 0 Å². The molecule has 0 fully saturated rings. The molecule has 9 heteroatoms. The number of aromatic nitrogens is 3. The molecule has 136 valence electrons. The van der Waals surface area contributed by atoms with Crippen LogP contribution in [0.25, 0.3) is 11.4 Å². The summed E-state index contributed by atoms with van der Waals surface area (Å²) in [7, 11) is 3.38. The van der Waals surface area contributed by atoms with Crippen LogP contribution in [0.15, 0.2) is 40.2 Å². The van der Waals surface area contributed by atoms with Crippen LogP contribution in [0.5, 0.6) is 5.75 Å². The summed E-state index contributed by atoms with van der Waals surface area (Å²) in [6, 6.07) is 7.30. The smallest absolute Gasteiger partial charge is 0.233 e. The lowest BCUT2D eigenvalue weighted by molar-refractivity contribution is -0.127. The number of hydrogen-bond acceptors (Lipinski definition) is 6. The van der Waals surface area contributed by atoms with Gasteiger partial charge in [-0.25, -0.2) is 4.98 Å². The fraction of sp³-hybridized carbons (Fsp3) is 0.235. The number of amides is 1. The lowest BCUT2D eigenvalue weighted by atomic mass is 10.2. The van der Waals surface area contributed by atoms with Crippen molar-refractivity contribution in [1.82, 2.24) is 20.1 Å². The van der Waals surface area contributed by atoms with Crippen molar-refractivity contribution in [3.05, 3.63) is 45.6 Å². The Bertz CT molecular complexity index is 883. The van der Waals surface area contributed by atoms with Gasteiger partial charge >= 0.3 is 0 Å². The van der Waals surface area contributed by atoms with Gasteiger partial charge in [-0.05, 0) is 40.6 Å². The maximum Gasteiger partial charge on any atom is 0.233 e. The number of rotatable bonds is 7. The number of methoxy groups -OCH3 is 1. The van der Waals surface area contributed by atoms with E-state index in [2.05, 4.69) is 15.2 Å². The number of carbonyl (C=O) groups excluding carboxylic acids is 1. The molecule has 0 saturated heterocycles. The number of nitrogens with zero attached hydrogens (tertiary/aromatic N) is 3. The van der Waals surface area contributed by atoms with Gasteiger partial charge in [0, 0.05) is 18.6 Å². The van der Waals surface area contributed by atoms with Gasteiger partial charge in [0.1, 0.15) is 5.75 Å². The third-order valence-electron chi connectivity index (χ3n) is 3.63. The molecule has 0 bridgehead atoms. The van der Waals surface area contributed by atoms with E-state index in [1.54, 1.807) is 48.6 Å². The minimum Gasteiger partial charge on any atom is -0.496 e. The summed E-state index contributed by atoms with van der Waals surface area (Å²) in [6.07, 6.45) is 0. The van der Waals surface area contributed by atoms with Gasteiger partial charge in [0.25, 0.3) is 0 Å². The van der Waals surface area contributed by atoms with Gasteiger partial charge in [-0.15, -0.1) is 5.10 Å². The van der Waals surface area contributed by atoms with Crippen LogP contribution in [-0.4, -0.2) is 45.9 Å². The van der Waals surface area contributed by atoms with Crippen molar-refractivity contribution in [1.29, 1.82) is 0 Å². The number of aromatic amines is 1. The number of carbonyl (C=O) groups is 1. The molecule has 0 atom stereocenters. The lowest BCUT2D eigenvalue weighted by Gasteiger charge is -2.15. The first-order valence-corrected chi connectivity index (χ1v) is 10.0. The fourth-order valence-corrected chi connectivity index (χ4v) is 3.85. The topological polar surface area (TPSA) is 71.1 Å². The Hall–Kier alpha value is -2.03. The highest BCUT2D eigenvalue weighted by Crippen LogP contribution is 2.31. The molecule has 0 aliphatic carbocycles. The Balaban J connectivity index is 1.62. The molecular formula is C17H17ClN4O2S2. The summed E-state index contributed by atoms with van der Waals surface area (Å²) >= 11 is 8.96. The second-order valence-electron chi connectivity index (χ2n) is 5.48. The highest BCUT2D eigenvalue weighted by molar-refractivity contribution is 7.99. The minimum absolute atomic E-state index is 0.0212. The highest BCUT2D eigenvalue weighted by Gasteiger charge is 2.15. The molecule has 1 aromatic carbocycles. The molecule has 0 spiro atoms. The molecule has 0 radical (unpaired) electrons. The second-order valence-corrected chi connectivity index (χ2v) is 7.64. The quantitative estimate of drug-likeness (QED) is 0.599. The predicted octanol–water partition coefficient (Wildman–Crippen LogP) is 3.95. The maximum atomic E-state index is 12.3. The third-order valence-corrected chi connectivity index (χ3v) is 5.43. The number of H-pyrrole nitrogens is 1. The molecule has 0 saturated carbocycles. The zero-order valence-electron chi connectivity index (χ0n) is 14.2. The summed E-state index contributed by atoms with van der Waals surface area (Å²) in [6.45, 7) is 0.599. The van der Waals surface area contributed by atoms with E-state index in [0.717, 1.165) is 11.1 Å². The molecule has 1 N–H and O–H groups in total. The van der Waals surface area contributed by atoms with E-state index in [0.29, 0.717) is 28.3 Å². The van der Waals surface area contributed by atoms with Crippen molar-refractivity contribution >= 4 is 40.6 Å². The number of nitrogens with one attached hydrogen (secondary N) is 1. The van der Waals surface area contributed by atoms with Crippen LogP contribution < -0.4 is 4.74 Å². The molecule has 2 heterocycles. The van der Waals surface area contributed by atoms with E-state index in [1.807, 2.05) is 16.8 Å². The van der Waals surface area contributed by atoms with Gasteiger partial charge in [-0.2, -0.15) is 11.3 Å². The zero-order chi connectivity index (χ0) is 18.5. The van der Waals surface area contributed by atoms with Crippen LogP contribution in [0.1, 0.15) is 5.56 Å². The van der Waals surface area contributed by atoms with Crippen molar-refractivity contribution in [3.63, 3.8) is 0 Å². The summed E-state index contributed by atoms with van der Waals surface area (Å²) < 4.78 is 5.33. The summed E-state index contributed by atoms with van der Waals surface area (Å²) in [4.78, 5) is 18.4. The van der Waals surface area contributed by atoms with Crippen molar-refractivity contribution in [2.45, 2.75) is 11.7 Å². The number of benzene rings is 1. The number of thiophene rings is 1. The second kappa shape index (κ2) is 8.57. The minimum atomic E-state index is 0.0212. The van der Waals surface area contributed by atoms with Gasteiger partial charge in [0.15, 0.2) is 5.82 Å². The summed E-state index contributed by atoms with van der Waals surface area (Å²) in [5, 5.41) is 12.2. The molecule has 3 aromatic rings. The van der Waals surface area contributed by atoms with E-state index in [4.69, 9.17) is 16.3 Å². The van der Waals surface area contributed by atoms with E-state index >= 15 is 0 Å². The van der Waals surface area contributed by atoms with E-state index in [1.165, 1.54) is 11.8 Å². The van der Waals surface area contributed by atoms with Crippen LogP contribution in [0.3, 0.4) is 0 Å². The fourth-order valence-electron chi connectivity index (χ4n) is 2.28. The van der Waals surface area contributed by atoms with Crippen molar-refractivity contribution in [2.75, 3.05) is 19.9 Å². The lowest BCUT2D eigenvalue weighted by Crippen LogP contribution is -2.27. The van der Waals surface area contributed by atoms with Crippen molar-refractivity contribution in [3.8, 4) is 17.1 Å². The van der Waals surface area contributed by atoms with Gasteiger partial charge in [0.2, 0.25) is 11.1 Å². The average molecular weight is 409 g/mol. The standard InChI is InChI=1S/C17H17ClN4O2S2/c1-22(8-11-5-6-25-9-11)15(23)10-26-17-19-16(20-21-17)13-7-12(18)3-4-14(13)24-2/h3-7,9H,8,10H2,1-2H3,(H,19,20,21). The van der Waals surface area contributed by atoms with E-state index in [-0.39, 0.29) is 11.7 Å². The molecule has 0 unspecified atom stereocenters. The largest absolute Gasteiger partial charge is 0.496 e. The Labute approximate surface area is 164 Å². The zero-order valence-corrected chi connectivity index (χ0v) is 16.6. The summed E-state index contributed by atoms with van der Waals surface area (Å²) in [5.41, 5.74) is 1.85. The van der Waals surface area contributed by atoms with Gasteiger partial charge in [-0.1, -0.05) is 23.4 Å². The van der Waals surface area contributed by atoms with Gasteiger partial charge in [-0.3, -0.25) is 9.89 Å². The first-order chi connectivity index (χ1) is 12.6. The first kappa shape index (κ1) is 18.8. The molecular weight excluding hydrogens is 392 g/mol. The highest BCUT2D eigenvalue weighted by atomic mass is 35.5. The Morgan fingerprint density at radius 1 is 1.42 bits per heavy atom. The maximum absolute atomic E-state index is 12.3. The van der Waals surface area contributed by atoms with Gasteiger partial charge in [0.05, 0.1) is 18.4 Å². The van der Waals surface area contributed by atoms with Crippen molar-refractivity contribution < 1.29 is 9.53 Å². The Kier molecular flexibility index (Phi) is 6.18. The molecule has 6 nitrogen and oxygen atoms in total. The summed E-state index contributed by atoms with van der Waals surface area (Å²) in [5.74, 6) is 1.48. The van der Waals surface area contributed by atoms with Crippen LogP contribution in [0.4, 0.5) is 0 Å². The molecule has 0 aliphatic rings. The van der Waals surface area contributed by atoms with Crippen LogP contribution in [0.2, 0.25) is 5.02 Å². The van der Waals surface area contributed by atoms with Crippen molar-refractivity contribution in [2.24, 2.45) is 0 Å². The SMILES string of the molecule is COc1ccc(Cl)cc1-c1nc(SCC(=O)N(C)Cc2ccsc2)n[nH]1. The number of halogens is 1. The Morgan fingerprint density at radius 3 is 3.00 bits per heavy atom. The molecule has 2 aromatic heterocycles. The molecule has 3 rings (SSSR count). The third kappa shape index (κ3) is 4.57. The normalized spacial score (nSPS) is 10.7. The monoisotopic (exact) mass is 408 g/mol. The molecule has 26 heavy (non-hydrogen) atoms. The predicted molar refractivity (Wildman–Crippen MR) is 105 cm³/mol. The molecule has 1 amide bonds. The van der Waals surface area contributed by atoms with Gasteiger partial charge < -0.3 is 9.64 Å². The number of hydrogen-bond donors (Lipinski definition) is 1. The number of thioether (sulfide) groups is 1. The van der Waals surface area contributed by atoms with Crippen LogP contribution in [-0.2, 0) is 11.3 Å². The first-order valence-electron chi connectivity index (χ1n) is 7.71.